The molecule has 1 heterocycles. The second kappa shape index (κ2) is 7.41. The van der Waals surface area contributed by atoms with Crippen LogP contribution >= 0.6 is 0 Å². The summed E-state index contributed by atoms with van der Waals surface area (Å²) in [4.78, 5) is 11.5. The monoisotopic (exact) mass is 278 g/mol. The number of benzene rings is 1. The molecule has 0 aliphatic carbocycles. The van der Waals surface area contributed by atoms with Gasteiger partial charge in [-0.15, -0.1) is 0 Å². The summed E-state index contributed by atoms with van der Waals surface area (Å²) in [5.74, 6) is 5.39. The van der Waals surface area contributed by atoms with Gasteiger partial charge in [-0.25, -0.2) is 5.01 Å². The van der Waals surface area contributed by atoms with Gasteiger partial charge >= 0.3 is 5.97 Å². The fourth-order valence-corrected chi connectivity index (χ4v) is 1.90. The standard InChI is InChI=1S/C9H18N2O2.C7H8/c1-9(2,3)13-8(12)7-4-5-11(10)6-7;1-7-5-3-2-4-6-7/h7H,4-6,10H2,1-3H3;2-6H,1H3/t7-;/m1./s1. The van der Waals surface area contributed by atoms with Gasteiger partial charge in [-0.2, -0.15) is 0 Å². The molecule has 112 valence electrons. The first-order valence-corrected chi connectivity index (χ1v) is 7.02. The molecule has 2 N–H and O–H groups in total. The molecule has 0 saturated carbocycles. The minimum absolute atomic E-state index is 0.0378. The number of nitrogens with zero attached hydrogens (tertiary/aromatic N) is 1. The van der Waals surface area contributed by atoms with Crippen LogP contribution in [0.4, 0.5) is 0 Å². The lowest BCUT2D eigenvalue weighted by molar-refractivity contribution is -0.159. The van der Waals surface area contributed by atoms with Crippen molar-refractivity contribution >= 4 is 5.97 Å². The number of aryl methyl sites for hydroxylation is 1. The van der Waals surface area contributed by atoms with Gasteiger partial charge in [-0.05, 0) is 34.1 Å². The normalized spacial score (nSPS) is 19.1. The maximum atomic E-state index is 11.5. The summed E-state index contributed by atoms with van der Waals surface area (Å²) >= 11 is 0. The molecule has 1 aromatic carbocycles. The molecule has 0 radical (unpaired) electrons. The zero-order chi connectivity index (χ0) is 15.2. The van der Waals surface area contributed by atoms with Crippen molar-refractivity contribution in [2.24, 2.45) is 11.8 Å². The molecule has 1 atom stereocenters. The van der Waals surface area contributed by atoms with Gasteiger partial charge in [-0.3, -0.25) is 10.6 Å². The van der Waals surface area contributed by atoms with E-state index in [9.17, 15) is 4.79 Å². The van der Waals surface area contributed by atoms with Crippen molar-refractivity contribution < 1.29 is 9.53 Å². The average Bonchev–Trinajstić information content (AvgIpc) is 2.76. The third-order valence-electron chi connectivity index (χ3n) is 2.90. The number of hydrazine groups is 1. The zero-order valence-corrected chi connectivity index (χ0v) is 12.9. The van der Waals surface area contributed by atoms with Crippen LogP contribution in [0.5, 0.6) is 0 Å². The molecule has 4 heteroatoms. The highest BCUT2D eigenvalue weighted by atomic mass is 16.6. The van der Waals surface area contributed by atoms with Crippen molar-refractivity contribution in [1.82, 2.24) is 5.01 Å². The van der Waals surface area contributed by atoms with Crippen LogP contribution in [-0.2, 0) is 9.53 Å². The first kappa shape index (κ1) is 16.7. The Morgan fingerprint density at radius 3 is 2.25 bits per heavy atom. The summed E-state index contributed by atoms with van der Waals surface area (Å²) in [6.45, 7) is 9.11. The maximum Gasteiger partial charge on any atom is 0.310 e. The zero-order valence-electron chi connectivity index (χ0n) is 12.9. The van der Waals surface area contributed by atoms with Crippen LogP contribution in [-0.4, -0.2) is 29.7 Å². The second-order valence-corrected chi connectivity index (χ2v) is 6.17. The predicted molar refractivity (Wildman–Crippen MR) is 80.9 cm³/mol. The quantitative estimate of drug-likeness (QED) is 0.633. The van der Waals surface area contributed by atoms with Crippen LogP contribution in [0.3, 0.4) is 0 Å². The highest BCUT2D eigenvalue weighted by Gasteiger charge is 2.30. The number of hydrogen-bond acceptors (Lipinski definition) is 4. The fraction of sp³-hybridized carbons (Fsp3) is 0.562. The Morgan fingerprint density at radius 2 is 1.90 bits per heavy atom. The van der Waals surface area contributed by atoms with E-state index in [1.165, 1.54) is 5.56 Å². The van der Waals surface area contributed by atoms with Crippen molar-refractivity contribution in [3.63, 3.8) is 0 Å². The van der Waals surface area contributed by atoms with E-state index in [1.54, 1.807) is 5.01 Å². The molecular formula is C16H26N2O2. The van der Waals surface area contributed by atoms with E-state index >= 15 is 0 Å². The van der Waals surface area contributed by atoms with Gasteiger partial charge in [-0.1, -0.05) is 35.9 Å². The lowest BCUT2D eigenvalue weighted by atomic mass is 10.1. The molecule has 1 aliphatic heterocycles. The number of ether oxygens (including phenoxy) is 1. The Bertz CT molecular complexity index is 412. The molecule has 0 aromatic heterocycles. The number of hydrogen-bond donors (Lipinski definition) is 1. The molecule has 4 nitrogen and oxygen atoms in total. The lowest BCUT2D eigenvalue weighted by Crippen LogP contribution is -2.32. The number of nitrogens with two attached hydrogens (primary N) is 1. The van der Waals surface area contributed by atoms with Crippen LogP contribution in [0.2, 0.25) is 0 Å². The Labute approximate surface area is 121 Å². The van der Waals surface area contributed by atoms with Crippen molar-refractivity contribution in [1.29, 1.82) is 0 Å². The first-order valence-electron chi connectivity index (χ1n) is 7.02. The van der Waals surface area contributed by atoms with Crippen molar-refractivity contribution in [3.05, 3.63) is 35.9 Å². The summed E-state index contributed by atoms with van der Waals surface area (Å²) in [6, 6.07) is 10.3. The number of carbonyl (C=O) groups is 1. The smallest absolute Gasteiger partial charge is 0.310 e. The number of esters is 1. The Hall–Kier alpha value is -1.39. The number of carbonyl (C=O) groups excluding carboxylic acids is 1. The minimum atomic E-state index is -0.390. The number of rotatable bonds is 1. The van der Waals surface area contributed by atoms with E-state index in [-0.39, 0.29) is 17.5 Å². The first-order chi connectivity index (χ1) is 9.28. The Balaban J connectivity index is 0.000000240. The average molecular weight is 278 g/mol. The third kappa shape index (κ3) is 6.68. The van der Waals surface area contributed by atoms with E-state index in [4.69, 9.17) is 10.6 Å². The van der Waals surface area contributed by atoms with Gasteiger partial charge in [0, 0.05) is 13.1 Å². The summed E-state index contributed by atoms with van der Waals surface area (Å²) in [5.41, 5.74) is 0.932. The highest BCUT2D eigenvalue weighted by molar-refractivity contribution is 5.73. The molecule has 1 aromatic rings. The summed E-state index contributed by atoms with van der Waals surface area (Å²) < 4.78 is 5.25. The molecule has 1 aliphatic rings. The molecule has 1 fully saturated rings. The molecule has 0 spiro atoms. The SMILES string of the molecule is CC(C)(C)OC(=O)[C@@H]1CCN(N)C1.Cc1ccccc1. The Kier molecular flexibility index (Phi) is 6.17. The van der Waals surface area contributed by atoms with E-state index in [2.05, 4.69) is 19.1 Å². The third-order valence-corrected chi connectivity index (χ3v) is 2.90. The molecule has 2 rings (SSSR count). The molecule has 20 heavy (non-hydrogen) atoms. The summed E-state index contributed by atoms with van der Waals surface area (Å²) in [6.07, 6.45) is 0.811. The molecule has 0 bridgehead atoms. The van der Waals surface area contributed by atoms with Crippen molar-refractivity contribution in [3.8, 4) is 0 Å². The summed E-state index contributed by atoms with van der Waals surface area (Å²) in [7, 11) is 0. The van der Waals surface area contributed by atoms with Gasteiger partial charge < -0.3 is 4.74 Å². The van der Waals surface area contributed by atoms with Gasteiger partial charge in [0.1, 0.15) is 5.60 Å². The minimum Gasteiger partial charge on any atom is -0.460 e. The van der Waals surface area contributed by atoms with Crippen LogP contribution < -0.4 is 5.84 Å². The van der Waals surface area contributed by atoms with E-state index < -0.39 is 0 Å². The molecule has 0 unspecified atom stereocenters. The van der Waals surface area contributed by atoms with Crippen LogP contribution in [0, 0.1) is 12.8 Å². The maximum absolute atomic E-state index is 11.5. The molecular weight excluding hydrogens is 252 g/mol. The van der Waals surface area contributed by atoms with Crippen molar-refractivity contribution in [2.45, 2.75) is 39.7 Å². The van der Waals surface area contributed by atoms with Gasteiger partial charge in [0.2, 0.25) is 0 Å². The predicted octanol–water partition coefficient (Wildman–Crippen LogP) is 2.52. The van der Waals surface area contributed by atoms with Crippen molar-refractivity contribution in [2.75, 3.05) is 13.1 Å². The fourth-order valence-electron chi connectivity index (χ4n) is 1.90. The lowest BCUT2D eigenvalue weighted by Gasteiger charge is -2.21. The van der Waals surface area contributed by atoms with E-state index in [0.717, 1.165) is 13.0 Å². The molecule has 1 saturated heterocycles. The van der Waals surface area contributed by atoms with Gasteiger partial charge in [0.15, 0.2) is 0 Å². The highest BCUT2D eigenvalue weighted by Crippen LogP contribution is 2.18. The van der Waals surface area contributed by atoms with E-state index in [0.29, 0.717) is 6.54 Å². The Morgan fingerprint density at radius 1 is 1.30 bits per heavy atom. The topological polar surface area (TPSA) is 55.6 Å². The largest absolute Gasteiger partial charge is 0.460 e. The van der Waals surface area contributed by atoms with Crippen LogP contribution in [0.25, 0.3) is 0 Å². The second-order valence-electron chi connectivity index (χ2n) is 6.17. The van der Waals surface area contributed by atoms with Crippen LogP contribution in [0.1, 0.15) is 32.8 Å². The van der Waals surface area contributed by atoms with Gasteiger partial charge in [0.05, 0.1) is 5.92 Å². The summed E-state index contributed by atoms with van der Waals surface area (Å²) in [5, 5.41) is 1.66. The van der Waals surface area contributed by atoms with Gasteiger partial charge in [0.25, 0.3) is 0 Å². The van der Waals surface area contributed by atoms with E-state index in [1.807, 2.05) is 39.0 Å². The molecule has 0 amide bonds. The van der Waals surface area contributed by atoms with Crippen LogP contribution in [0.15, 0.2) is 30.3 Å².